The highest BCUT2D eigenvalue weighted by Crippen LogP contribution is 2.34. The number of aromatic hydroxyl groups is 1. The van der Waals surface area contributed by atoms with Crippen molar-refractivity contribution in [2.75, 3.05) is 0 Å². The molecule has 3 atom stereocenters. The maximum Gasteiger partial charge on any atom is 0.115 e. The van der Waals surface area contributed by atoms with Gasteiger partial charge in [-0.3, -0.25) is 0 Å². The van der Waals surface area contributed by atoms with Crippen LogP contribution in [-0.2, 0) is 6.42 Å². The van der Waals surface area contributed by atoms with E-state index in [9.17, 15) is 5.11 Å². The number of fused-ring (bicyclic) bond motifs is 1. The Morgan fingerprint density at radius 3 is 2.83 bits per heavy atom. The maximum absolute atomic E-state index is 9.58. The van der Waals surface area contributed by atoms with Gasteiger partial charge in [-0.05, 0) is 61.3 Å². The molecule has 2 aliphatic carbocycles. The van der Waals surface area contributed by atoms with Crippen LogP contribution in [0.3, 0.4) is 0 Å². The van der Waals surface area contributed by atoms with Gasteiger partial charge in [0.15, 0.2) is 0 Å². The molecule has 2 nitrogen and oxygen atoms in total. The maximum atomic E-state index is 9.58. The molecule has 0 amide bonds. The Balaban J connectivity index is 1.78. The summed E-state index contributed by atoms with van der Waals surface area (Å²) in [5, 5.41) is 13.4. The molecule has 1 aromatic carbocycles. The van der Waals surface area contributed by atoms with E-state index in [1.807, 2.05) is 12.1 Å². The van der Waals surface area contributed by atoms with E-state index in [1.54, 1.807) is 0 Å². The second-order valence-corrected chi connectivity index (χ2v) is 6.01. The molecule has 0 radical (unpaired) electrons. The third kappa shape index (κ3) is 2.26. The van der Waals surface area contributed by atoms with Gasteiger partial charge in [-0.15, -0.1) is 0 Å². The first-order valence-electron chi connectivity index (χ1n) is 7.32. The lowest BCUT2D eigenvalue weighted by Crippen LogP contribution is -2.36. The second kappa shape index (κ2) is 4.93. The lowest BCUT2D eigenvalue weighted by atomic mass is 9.86. The van der Waals surface area contributed by atoms with Gasteiger partial charge in [0.25, 0.3) is 0 Å². The van der Waals surface area contributed by atoms with Crippen molar-refractivity contribution in [3.8, 4) is 5.75 Å². The normalized spacial score (nSPS) is 31.3. The molecule has 0 saturated heterocycles. The van der Waals surface area contributed by atoms with Gasteiger partial charge < -0.3 is 10.4 Å². The lowest BCUT2D eigenvalue weighted by Gasteiger charge is -2.30. The predicted molar refractivity (Wildman–Crippen MR) is 73.7 cm³/mol. The number of phenolic OH excluding ortho intramolecular Hbond substituents is 1. The molecule has 3 rings (SSSR count). The van der Waals surface area contributed by atoms with Crippen molar-refractivity contribution in [2.24, 2.45) is 5.92 Å². The van der Waals surface area contributed by atoms with E-state index >= 15 is 0 Å². The van der Waals surface area contributed by atoms with Gasteiger partial charge in [0.2, 0.25) is 0 Å². The Morgan fingerprint density at radius 2 is 2.06 bits per heavy atom. The average molecular weight is 245 g/mol. The summed E-state index contributed by atoms with van der Waals surface area (Å²) in [6.45, 7) is 2.37. The molecule has 2 aliphatic rings. The Bertz CT molecular complexity index is 429. The molecule has 0 aliphatic heterocycles. The summed E-state index contributed by atoms with van der Waals surface area (Å²) in [6.07, 6.45) is 7.64. The quantitative estimate of drug-likeness (QED) is 0.835. The minimum absolute atomic E-state index is 0.406. The van der Waals surface area contributed by atoms with Gasteiger partial charge >= 0.3 is 0 Å². The molecule has 18 heavy (non-hydrogen) atoms. The van der Waals surface area contributed by atoms with Crippen LogP contribution in [0, 0.1) is 5.92 Å². The van der Waals surface area contributed by atoms with Crippen LogP contribution < -0.4 is 5.32 Å². The van der Waals surface area contributed by atoms with Crippen molar-refractivity contribution in [1.82, 2.24) is 5.32 Å². The summed E-state index contributed by atoms with van der Waals surface area (Å²) in [4.78, 5) is 0. The number of nitrogens with one attached hydrogen (secondary N) is 1. The van der Waals surface area contributed by atoms with Crippen LogP contribution >= 0.6 is 0 Å². The van der Waals surface area contributed by atoms with E-state index in [-0.39, 0.29) is 0 Å². The van der Waals surface area contributed by atoms with Gasteiger partial charge in [0, 0.05) is 12.1 Å². The fourth-order valence-electron chi connectivity index (χ4n) is 3.63. The first kappa shape index (κ1) is 12.0. The van der Waals surface area contributed by atoms with Crippen LogP contribution in [0.4, 0.5) is 0 Å². The molecule has 0 aromatic heterocycles. The van der Waals surface area contributed by atoms with Gasteiger partial charge in [-0.1, -0.05) is 19.4 Å². The van der Waals surface area contributed by atoms with E-state index in [1.165, 1.54) is 43.2 Å². The predicted octanol–water partition coefficient (Wildman–Crippen LogP) is 3.55. The summed E-state index contributed by atoms with van der Waals surface area (Å²) < 4.78 is 0. The van der Waals surface area contributed by atoms with E-state index in [4.69, 9.17) is 0 Å². The molecule has 3 unspecified atom stereocenters. The molecule has 98 valence electrons. The van der Waals surface area contributed by atoms with E-state index in [0.717, 1.165) is 12.3 Å². The zero-order chi connectivity index (χ0) is 12.5. The minimum Gasteiger partial charge on any atom is -0.508 e. The summed E-state index contributed by atoms with van der Waals surface area (Å²) in [5.41, 5.74) is 2.75. The third-order valence-electron chi connectivity index (χ3n) is 4.72. The van der Waals surface area contributed by atoms with Crippen LogP contribution in [0.15, 0.2) is 18.2 Å². The van der Waals surface area contributed by atoms with Gasteiger partial charge in [-0.25, -0.2) is 0 Å². The first-order chi connectivity index (χ1) is 8.74. The van der Waals surface area contributed by atoms with E-state index < -0.39 is 0 Å². The topological polar surface area (TPSA) is 32.3 Å². The number of rotatable bonds is 2. The fraction of sp³-hybridized carbons (Fsp3) is 0.625. The van der Waals surface area contributed by atoms with E-state index in [0.29, 0.717) is 17.8 Å². The zero-order valence-electron chi connectivity index (χ0n) is 11.2. The molecule has 0 spiro atoms. The van der Waals surface area contributed by atoms with Gasteiger partial charge in [-0.2, -0.15) is 0 Å². The van der Waals surface area contributed by atoms with Crippen LogP contribution in [-0.4, -0.2) is 11.1 Å². The molecular formula is C16H23NO. The van der Waals surface area contributed by atoms with Crippen LogP contribution in [0.1, 0.15) is 56.2 Å². The van der Waals surface area contributed by atoms with Crippen molar-refractivity contribution in [3.63, 3.8) is 0 Å². The number of phenols is 1. The zero-order valence-corrected chi connectivity index (χ0v) is 11.2. The smallest absolute Gasteiger partial charge is 0.115 e. The molecule has 1 fully saturated rings. The Kier molecular flexibility index (Phi) is 3.29. The standard InChI is InChI=1S/C16H23NO/c1-11-4-2-6-15(11)17-16-7-3-5-12-10-13(18)8-9-14(12)16/h8-11,15-18H,2-7H2,1H3. The van der Waals surface area contributed by atoms with E-state index in [2.05, 4.69) is 18.3 Å². The number of hydrogen-bond acceptors (Lipinski definition) is 2. The SMILES string of the molecule is CC1CCCC1NC1CCCc2cc(O)ccc21. The van der Waals surface area contributed by atoms with Crippen molar-refractivity contribution >= 4 is 0 Å². The minimum atomic E-state index is 0.406. The summed E-state index contributed by atoms with van der Waals surface area (Å²) >= 11 is 0. The molecule has 2 heteroatoms. The summed E-state index contributed by atoms with van der Waals surface area (Å²) in [5.74, 6) is 1.22. The highest BCUT2D eigenvalue weighted by molar-refractivity contribution is 5.38. The highest BCUT2D eigenvalue weighted by Gasteiger charge is 2.28. The molecule has 0 bridgehead atoms. The van der Waals surface area contributed by atoms with Crippen molar-refractivity contribution in [1.29, 1.82) is 0 Å². The van der Waals surface area contributed by atoms with Gasteiger partial charge in [0.1, 0.15) is 5.75 Å². The van der Waals surface area contributed by atoms with Crippen molar-refractivity contribution in [3.05, 3.63) is 29.3 Å². The first-order valence-corrected chi connectivity index (χ1v) is 7.32. The number of benzene rings is 1. The average Bonchev–Trinajstić information content (AvgIpc) is 2.75. The Labute approximate surface area is 109 Å². The molecule has 0 heterocycles. The Morgan fingerprint density at radius 1 is 1.17 bits per heavy atom. The van der Waals surface area contributed by atoms with Gasteiger partial charge in [0.05, 0.1) is 0 Å². The van der Waals surface area contributed by atoms with Crippen LogP contribution in [0.25, 0.3) is 0 Å². The van der Waals surface area contributed by atoms with Crippen LogP contribution in [0.5, 0.6) is 5.75 Å². The number of aryl methyl sites for hydroxylation is 1. The van der Waals surface area contributed by atoms with Crippen molar-refractivity contribution < 1.29 is 5.11 Å². The number of hydrogen-bond donors (Lipinski definition) is 2. The largest absolute Gasteiger partial charge is 0.508 e. The molecule has 2 N–H and O–H groups in total. The molecule has 1 aromatic rings. The lowest BCUT2D eigenvalue weighted by molar-refractivity contribution is 0.349. The van der Waals surface area contributed by atoms with Crippen molar-refractivity contribution in [2.45, 2.75) is 57.5 Å². The third-order valence-corrected chi connectivity index (χ3v) is 4.72. The molecule has 1 saturated carbocycles. The van der Waals surface area contributed by atoms with Crippen LogP contribution in [0.2, 0.25) is 0 Å². The highest BCUT2D eigenvalue weighted by atomic mass is 16.3. The Hall–Kier alpha value is -1.02. The molecular weight excluding hydrogens is 222 g/mol. The summed E-state index contributed by atoms with van der Waals surface area (Å²) in [7, 11) is 0. The monoisotopic (exact) mass is 245 g/mol. The fourth-order valence-corrected chi connectivity index (χ4v) is 3.63. The summed E-state index contributed by atoms with van der Waals surface area (Å²) in [6, 6.07) is 7.08. The second-order valence-electron chi connectivity index (χ2n) is 6.01.